The smallest absolute Gasteiger partial charge is 0.191 e. The van der Waals surface area contributed by atoms with E-state index in [9.17, 15) is 0 Å². The lowest BCUT2D eigenvalue weighted by atomic mass is 10.1. The summed E-state index contributed by atoms with van der Waals surface area (Å²) in [6, 6.07) is 12.1. The number of aliphatic imine (C=N–C) groups is 1. The van der Waals surface area contributed by atoms with E-state index in [4.69, 9.17) is 9.15 Å². The Morgan fingerprint density at radius 1 is 1.08 bits per heavy atom. The number of halogens is 1. The van der Waals surface area contributed by atoms with Crippen LogP contribution in [0.1, 0.15) is 30.7 Å². The van der Waals surface area contributed by atoms with Gasteiger partial charge in [-0.2, -0.15) is 0 Å². The minimum Gasteiger partial charge on any atom is -0.467 e. The van der Waals surface area contributed by atoms with E-state index in [0.29, 0.717) is 26.3 Å². The summed E-state index contributed by atoms with van der Waals surface area (Å²) in [5.74, 6) is 1.66. The summed E-state index contributed by atoms with van der Waals surface area (Å²) >= 11 is 0. The molecule has 0 aliphatic heterocycles. The summed E-state index contributed by atoms with van der Waals surface area (Å²) in [7, 11) is 0. The lowest BCUT2D eigenvalue weighted by Gasteiger charge is -2.11. The fourth-order valence-corrected chi connectivity index (χ4v) is 2.15. The minimum atomic E-state index is 0. The number of guanidine groups is 1. The van der Waals surface area contributed by atoms with Gasteiger partial charge in [-0.15, -0.1) is 24.0 Å². The molecule has 0 aliphatic rings. The minimum absolute atomic E-state index is 0. The average Bonchev–Trinajstić information content (AvgIpc) is 3.09. The molecule has 2 rings (SSSR count). The highest BCUT2D eigenvalue weighted by Gasteiger charge is 2.03. The van der Waals surface area contributed by atoms with Crippen molar-refractivity contribution in [2.24, 2.45) is 4.99 Å². The Kier molecular flexibility index (Phi) is 10.2. The zero-order valence-electron chi connectivity index (χ0n) is 14.2. The van der Waals surface area contributed by atoms with Crippen molar-refractivity contribution < 1.29 is 9.15 Å². The zero-order chi connectivity index (χ0) is 16.3. The molecule has 0 atom stereocenters. The first-order chi connectivity index (χ1) is 11.3. The Morgan fingerprint density at radius 3 is 2.54 bits per heavy atom. The van der Waals surface area contributed by atoms with E-state index in [0.717, 1.165) is 18.3 Å². The van der Waals surface area contributed by atoms with Crippen LogP contribution in [0.15, 0.2) is 52.1 Å². The summed E-state index contributed by atoms with van der Waals surface area (Å²) in [4.78, 5) is 4.65. The number of hydrogen-bond acceptors (Lipinski definition) is 3. The maximum Gasteiger partial charge on any atom is 0.191 e. The van der Waals surface area contributed by atoms with Gasteiger partial charge in [-0.25, -0.2) is 4.99 Å². The van der Waals surface area contributed by atoms with E-state index in [1.54, 1.807) is 6.26 Å². The molecule has 0 spiro atoms. The number of ether oxygens (including phenoxy) is 1. The molecule has 132 valence electrons. The van der Waals surface area contributed by atoms with Crippen molar-refractivity contribution in [3.63, 3.8) is 0 Å². The molecule has 0 saturated heterocycles. The highest BCUT2D eigenvalue weighted by molar-refractivity contribution is 14.0. The second-order valence-electron chi connectivity index (χ2n) is 5.03. The third kappa shape index (κ3) is 6.92. The van der Waals surface area contributed by atoms with Gasteiger partial charge in [-0.1, -0.05) is 24.3 Å². The Balaban J connectivity index is 0.00000288. The second kappa shape index (κ2) is 11.9. The van der Waals surface area contributed by atoms with E-state index in [1.807, 2.05) is 38.1 Å². The van der Waals surface area contributed by atoms with Crippen molar-refractivity contribution in [1.82, 2.24) is 10.6 Å². The van der Waals surface area contributed by atoms with Gasteiger partial charge in [0, 0.05) is 13.2 Å². The first-order valence-corrected chi connectivity index (χ1v) is 8.02. The van der Waals surface area contributed by atoms with Crippen LogP contribution in [0, 0.1) is 0 Å². The van der Waals surface area contributed by atoms with Crippen molar-refractivity contribution in [2.45, 2.75) is 33.5 Å². The molecule has 0 aliphatic carbocycles. The summed E-state index contributed by atoms with van der Waals surface area (Å²) < 4.78 is 10.8. The maximum absolute atomic E-state index is 5.52. The quantitative estimate of drug-likeness (QED) is 0.371. The van der Waals surface area contributed by atoms with Crippen molar-refractivity contribution in [3.05, 3.63) is 59.5 Å². The molecule has 0 bridgehead atoms. The lowest BCUT2D eigenvalue weighted by Crippen LogP contribution is -2.36. The van der Waals surface area contributed by atoms with Crippen LogP contribution in [0.3, 0.4) is 0 Å². The molecule has 0 unspecified atom stereocenters. The van der Waals surface area contributed by atoms with Crippen LogP contribution >= 0.6 is 24.0 Å². The van der Waals surface area contributed by atoms with Crippen molar-refractivity contribution in [3.8, 4) is 0 Å². The molecule has 6 heteroatoms. The molecule has 1 aromatic carbocycles. The Morgan fingerprint density at radius 2 is 1.88 bits per heavy atom. The van der Waals surface area contributed by atoms with Gasteiger partial charge in [-0.05, 0) is 37.1 Å². The van der Waals surface area contributed by atoms with E-state index >= 15 is 0 Å². The summed E-state index contributed by atoms with van der Waals surface area (Å²) in [5.41, 5.74) is 2.36. The van der Waals surface area contributed by atoms with Gasteiger partial charge in [0.2, 0.25) is 0 Å². The van der Waals surface area contributed by atoms with Gasteiger partial charge in [0.1, 0.15) is 5.76 Å². The largest absolute Gasteiger partial charge is 0.467 e. The van der Waals surface area contributed by atoms with Crippen LogP contribution in [0.4, 0.5) is 0 Å². The molecule has 0 radical (unpaired) electrons. The normalized spacial score (nSPS) is 11.0. The highest BCUT2D eigenvalue weighted by Crippen LogP contribution is 2.11. The molecule has 0 saturated carbocycles. The van der Waals surface area contributed by atoms with E-state index < -0.39 is 0 Å². The first kappa shape index (κ1) is 20.5. The lowest BCUT2D eigenvalue weighted by molar-refractivity contribution is 0.133. The second-order valence-corrected chi connectivity index (χ2v) is 5.03. The van der Waals surface area contributed by atoms with Gasteiger partial charge < -0.3 is 19.8 Å². The van der Waals surface area contributed by atoms with Gasteiger partial charge in [0.25, 0.3) is 0 Å². The Labute approximate surface area is 160 Å². The summed E-state index contributed by atoms with van der Waals surface area (Å²) in [5, 5.41) is 6.51. The molecule has 2 aromatic rings. The predicted molar refractivity (Wildman–Crippen MR) is 108 cm³/mol. The number of rotatable bonds is 8. The summed E-state index contributed by atoms with van der Waals surface area (Å²) in [6.45, 7) is 7.42. The average molecular weight is 443 g/mol. The first-order valence-electron chi connectivity index (χ1n) is 8.02. The monoisotopic (exact) mass is 443 g/mol. The molecule has 1 aromatic heterocycles. The van der Waals surface area contributed by atoms with E-state index in [2.05, 4.69) is 27.8 Å². The van der Waals surface area contributed by atoms with Gasteiger partial charge in [0.15, 0.2) is 5.96 Å². The van der Waals surface area contributed by atoms with Crippen LogP contribution in [-0.4, -0.2) is 19.1 Å². The predicted octanol–water partition coefficient (Wildman–Crippen LogP) is 3.69. The van der Waals surface area contributed by atoms with Crippen molar-refractivity contribution in [1.29, 1.82) is 0 Å². The van der Waals surface area contributed by atoms with Crippen LogP contribution in [0.2, 0.25) is 0 Å². The van der Waals surface area contributed by atoms with Crippen LogP contribution in [-0.2, 0) is 24.4 Å². The molecular weight excluding hydrogens is 417 g/mol. The van der Waals surface area contributed by atoms with E-state index in [-0.39, 0.29) is 24.0 Å². The van der Waals surface area contributed by atoms with E-state index in [1.165, 1.54) is 11.1 Å². The van der Waals surface area contributed by atoms with Crippen LogP contribution < -0.4 is 10.6 Å². The molecule has 2 N–H and O–H groups in total. The molecule has 0 fully saturated rings. The number of nitrogens with one attached hydrogen (secondary N) is 2. The number of furan rings is 1. The number of benzene rings is 1. The molecule has 5 nitrogen and oxygen atoms in total. The SMILES string of the molecule is CCNC(=NCc1ccccc1COCC)NCc1ccco1.I. The topological polar surface area (TPSA) is 58.8 Å². The zero-order valence-corrected chi connectivity index (χ0v) is 16.6. The third-order valence-electron chi connectivity index (χ3n) is 3.34. The standard InChI is InChI=1S/C18H25N3O2.HI/c1-3-19-18(21-13-17-10-7-11-23-17)20-12-15-8-5-6-9-16(15)14-22-4-2;/h5-11H,3-4,12-14H2,1-2H3,(H2,19,20,21);1H. The number of hydrogen-bond donors (Lipinski definition) is 2. The molecule has 0 amide bonds. The Bertz CT molecular complexity index is 600. The Hall–Kier alpha value is -1.54. The third-order valence-corrected chi connectivity index (χ3v) is 3.34. The fourth-order valence-electron chi connectivity index (χ4n) is 2.15. The molecule has 1 heterocycles. The van der Waals surface area contributed by atoms with Crippen LogP contribution in [0.25, 0.3) is 0 Å². The van der Waals surface area contributed by atoms with Gasteiger partial charge in [-0.3, -0.25) is 0 Å². The highest BCUT2D eigenvalue weighted by atomic mass is 127. The van der Waals surface area contributed by atoms with Gasteiger partial charge >= 0.3 is 0 Å². The summed E-state index contributed by atoms with van der Waals surface area (Å²) in [6.07, 6.45) is 1.67. The van der Waals surface area contributed by atoms with Crippen molar-refractivity contribution >= 4 is 29.9 Å². The van der Waals surface area contributed by atoms with Gasteiger partial charge in [0.05, 0.1) is 26.0 Å². The van der Waals surface area contributed by atoms with Crippen LogP contribution in [0.5, 0.6) is 0 Å². The van der Waals surface area contributed by atoms with Crippen molar-refractivity contribution in [2.75, 3.05) is 13.2 Å². The molecular formula is C18H26IN3O2. The molecule has 24 heavy (non-hydrogen) atoms. The maximum atomic E-state index is 5.52. The fraction of sp³-hybridized carbons (Fsp3) is 0.389. The number of nitrogens with zero attached hydrogens (tertiary/aromatic N) is 1.